The molecule has 1 saturated heterocycles. The number of fused-ring (bicyclic) bond motifs is 6. The third kappa shape index (κ3) is 3.70. The fraction of sp³-hybridized carbons (Fsp3) is 0.323. The van der Waals surface area contributed by atoms with Crippen molar-refractivity contribution in [3.05, 3.63) is 102 Å². The molecule has 0 spiro atoms. The van der Waals surface area contributed by atoms with Crippen molar-refractivity contribution in [1.29, 1.82) is 0 Å². The van der Waals surface area contributed by atoms with Gasteiger partial charge >= 0.3 is 0 Å². The maximum absolute atomic E-state index is 6.68. The molecule has 2 aliphatic carbocycles. The summed E-state index contributed by atoms with van der Waals surface area (Å²) in [6.07, 6.45) is 19.6. The zero-order chi connectivity index (χ0) is 23.6. The topological polar surface area (TPSA) is 18.5 Å². The molecule has 0 saturated carbocycles. The maximum Gasteiger partial charge on any atom is 0.163 e. The summed E-state index contributed by atoms with van der Waals surface area (Å²) in [6, 6.07) is 18.2. The van der Waals surface area contributed by atoms with Crippen molar-refractivity contribution in [1.82, 2.24) is 0 Å². The van der Waals surface area contributed by atoms with Crippen LogP contribution in [0.2, 0.25) is 0 Å². The van der Waals surface area contributed by atoms with E-state index in [0.717, 1.165) is 18.7 Å². The molecule has 3 heterocycles. The van der Waals surface area contributed by atoms with Crippen LogP contribution in [-0.2, 0) is 9.47 Å². The zero-order valence-corrected chi connectivity index (χ0v) is 22.1. The Kier molecular flexibility index (Phi) is 5.38. The van der Waals surface area contributed by atoms with E-state index >= 15 is 0 Å². The monoisotopic (exact) mass is 497 g/mol. The zero-order valence-electron chi connectivity index (χ0n) is 20.3. The summed E-state index contributed by atoms with van der Waals surface area (Å²) in [5.41, 5.74) is 4.99. The predicted molar refractivity (Wildman–Crippen MR) is 151 cm³/mol. The van der Waals surface area contributed by atoms with Gasteiger partial charge in [0.05, 0.1) is 6.10 Å². The van der Waals surface area contributed by atoms with Crippen LogP contribution in [0.3, 0.4) is 0 Å². The smallest absolute Gasteiger partial charge is 0.163 e. The molecule has 5 aliphatic rings. The molecule has 7 rings (SSSR count). The van der Waals surface area contributed by atoms with Crippen molar-refractivity contribution in [2.45, 2.75) is 49.8 Å². The van der Waals surface area contributed by atoms with Crippen LogP contribution in [-0.4, -0.2) is 41.3 Å². The van der Waals surface area contributed by atoms with E-state index < -0.39 is 13.3 Å². The molecule has 35 heavy (non-hydrogen) atoms. The number of benzene rings is 2. The molecule has 2 nitrogen and oxygen atoms in total. The van der Waals surface area contributed by atoms with Crippen molar-refractivity contribution >= 4 is 36.9 Å². The van der Waals surface area contributed by atoms with E-state index in [1.165, 1.54) is 22.0 Å². The Labute approximate surface area is 210 Å². The van der Waals surface area contributed by atoms with Crippen molar-refractivity contribution < 1.29 is 9.47 Å². The maximum atomic E-state index is 6.68. The molecule has 1 fully saturated rings. The van der Waals surface area contributed by atoms with Crippen molar-refractivity contribution in [2.24, 2.45) is 0 Å². The average Bonchev–Trinajstić information content (AvgIpc) is 3.48. The first-order valence-electron chi connectivity index (χ1n) is 12.8. The van der Waals surface area contributed by atoms with Crippen LogP contribution >= 0.6 is 15.5 Å². The van der Waals surface area contributed by atoms with E-state index in [2.05, 4.69) is 105 Å². The standard InChI is InChI=1S/C31H31O2P2/c1-31(2)32-25(19-34-27-15-7-3-11-21(27)22-12-4-8-16-28(22)34)26(33-31)20-35-29-17-9-5-13-23(29)24-14-6-10-18-30(24)35/h3-17,21,25-27H,18-20H2,1-2H3/q+1. The van der Waals surface area contributed by atoms with Gasteiger partial charge in [-0.2, -0.15) is 0 Å². The van der Waals surface area contributed by atoms with Crippen LogP contribution in [0.1, 0.15) is 37.3 Å². The normalized spacial score (nSPS) is 32.3. The Bertz CT molecular complexity index is 1350. The lowest BCUT2D eigenvalue weighted by molar-refractivity contribution is -0.142. The van der Waals surface area contributed by atoms with Gasteiger partial charge in [-0.3, -0.25) is 0 Å². The third-order valence-corrected chi connectivity index (χ3v) is 13.7. The number of allylic oxidation sites excluding steroid dienone is 8. The summed E-state index contributed by atoms with van der Waals surface area (Å²) in [6.45, 7) is 4.19. The minimum atomic E-state index is -0.532. The highest BCUT2D eigenvalue weighted by molar-refractivity contribution is 7.69. The van der Waals surface area contributed by atoms with Gasteiger partial charge in [-0.25, -0.2) is 0 Å². The highest BCUT2D eigenvalue weighted by Gasteiger charge is 2.49. The highest BCUT2D eigenvalue weighted by Crippen LogP contribution is 2.57. The van der Waals surface area contributed by atoms with Crippen LogP contribution in [0.15, 0.2) is 91.1 Å². The quantitative estimate of drug-likeness (QED) is 0.466. The largest absolute Gasteiger partial charge is 0.344 e. The Balaban J connectivity index is 1.22. The van der Waals surface area contributed by atoms with Crippen LogP contribution < -0.4 is 10.6 Å². The van der Waals surface area contributed by atoms with Gasteiger partial charge in [0.2, 0.25) is 0 Å². The second-order valence-electron chi connectivity index (χ2n) is 10.5. The van der Waals surface area contributed by atoms with E-state index in [1.807, 2.05) is 0 Å². The first-order valence-corrected chi connectivity index (χ1v) is 15.9. The van der Waals surface area contributed by atoms with Crippen LogP contribution in [0.4, 0.5) is 0 Å². The van der Waals surface area contributed by atoms with Gasteiger partial charge in [0, 0.05) is 35.3 Å². The fourth-order valence-electron chi connectivity index (χ4n) is 6.53. The molecule has 0 amide bonds. The predicted octanol–water partition coefficient (Wildman–Crippen LogP) is 6.24. The van der Waals surface area contributed by atoms with Crippen LogP contribution in [0.25, 0.3) is 5.57 Å². The molecule has 6 atom stereocenters. The summed E-state index contributed by atoms with van der Waals surface area (Å²) in [5, 5.41) is 4.71. The summed E-state index contributed by atoms with van der Waals surface area (Å²) in [7, 11) is -0.758. The number of hydrogen-bond donors (Lipinski definition) is 0. The van der Waals surface area contributed by atoms with Gasteiger partial charge in [-0.1, -0.05) is 86.9 Å². The molecule has 4 heteroatoms. The van der Waals surface area contributed by atoms with Gasteiger partial charge < -0.3 is 9.47 Å². The molecule has 0 N–H and O–H groups in total. The molecule has 3 aliphatic heterocycles. The van der Waals surface area contributed by atoms with Crippen molar-refractivity contribution in [3.63, 3.8) is 0 Å². The summed E-state index contributed by atoms with van der Waals surface area (Å²) in [5.74, 6) is -0.0184. The fourth-order valence-corrected chi connectivity index (χ4v) is 12.7. The lowest BCUT2D eigenvalue weighted by Crippen LogP contribution is -2.31. The van der Waals surface area contributed by atoms with E-state index in [1.54, 1.807) is 10.6 Å². The SMILES string of the molecule is CC1(C)OC(CP2c3ccccc3C3C=CC=CC32)C(C[P+]2=C3CC=CC=C3c3ccccc32)O1. The number of hydrogen-bond acceptors (Lipinski definition) is 2. The lowest BCUT2D eigenvalue weighted by Gasteiger charge is -2.26. The molecule has 6 unspecified atom stereocenters. The minimum Gasteiger partial charge on any atom is -0.344 e. The van der Waals surface area contributed by atoms with E-state index in [4.69, 9.17) is 9.47 Å². The van der Waals surface area contributed by atoms with Gasteiger partial charge in [-0.15, -0.1) is 0 Å². The molecular weight excluding hydrogens is 466 g/mol. The Morgan fingerprint density at radius 2 is 1.74 bits per heavy atom. The van der Waals surface area contributed by atoms with Gasteiger partial charge in [0.25, 0.3) is 0 Å². The molecule has 0 aromatic heterocycles. The number of ether oxygens (including phenoxy) is 2. The van der Waals surface area contributed by atoms with Crippen molar-refractivity contribution in [3.8, 4) is 0 Å². The van der Waals surface area contributed by atoms with E-state index in [-0.39, 0.29) is 20.1 Å². The Morgan fingerprint density at radius 3 is 2.69 bits per heavy atom. The molecule has 2 aromatic rings. The first-order chi connectivity index (χ1) is 17.1. The van der Waals surface area contributed by atoms with Crippen molar-refractivity contribution in [2.75, 3.05) is 12.3 Å². The van der Waals surface area contributed by atoms with Gasteiger partial charge in [-0.05, 0) is 36.8 Å². The molecule has 0 radical (unpaired) electrons. The Morgan fingerprint density at radius 1 is 0.943 bits per heavy atom. The summed E-state index contributed by atoms with van der Waals surface area (Å²) in [4.78, 5) is 0. The van der Waals surface area contributed by atoms with E-state index in [0.29, 0.717) is 11.6 Å². The Hall–Kier alpha value is -2.08. The first kappa shape index (κ1) is 22.1. The summed E-state index contributed by atoms with van der Waals surface area (Å²) < 4.78 is 13.4. The lowest BCUT2D eigenvalue weighted by atomic mass is 9.93. The van der Waals surface area contributed by atoms with Gasteiger partial charge in [0.15, 0.2) is 11.1 Å². The second kappa shape index (κ2) is 8.50. The number of rotatable bonds is 4. The third-order valence-electron chi connectivity index (χ3n) is 7.93. The minimum absolute atomic E-state index is 0.124. The highest BCUT2D eigenvalue weighted by atomic mass is 31.1. The average molecular weight is 498 g/mol. The van der Waals surface area contributed by atoms with Gasteiger partial charge in [0.1, 0.15) is 25.1 Å². The molecular formula is C31H31O2P2+. The second-order valence-corrected chi connectivity index (χ2v) is 15.1. The van der Waals surface area contributed by atoms with E-state index in [9.17, 15) is 0 Å². The molecule has 0 bridgehead atoms. The molecule has 176 valence electrons. The van der Waals surface area contributed by atoms with Crippen LogP contribution in [0, 0.1) is 0 Å². The summed E-state index contributed by atoms with van der Waals surface area (Å²) >= 11 is 0. The molecule has 2 aromatic carbocycles. The van der Waals surface area contributed by atoms with Crippen LogP contribution in [0.5, 0.6) is 0 Å².